The summed E-state index contributed by atoms with van der Waals surface area (Å²) in [6.45, 7) is 2.65. The van der Waals surface area contributed by atoms with Crippen molar-refractivity contribution < 1.29 is 9.59 Å². The minimum atomic E-state index is -0.375. The molecule has 1 aliphatic rings. The quantitative estimate of drug-likeness (QED) is 0.464. The second-order valence-corrected chi connectivity index (χ2v) is 8.25. The molecule has 1 atom stereocenters. The Kier molecular flexibility index (Phi) is 7.32. The first-order valence-corrected chi connectivity index (χ1v) is 11.3. The summed E-state index contributed by atoms with van der Waals surface area (Å²) in [6.07, 6.45) is 4.66. The van der Waals surface area contributed by atoms with E-state index in [1.807, 2.05) is 6.07 Å². The number of pyridine rings is 1. The Morgan fingerprint density at radius 1 is 1.00 bits per heavy atom. The maximum Gasteiger partial charge on any atom is 0.274 e. The maximum absolute atomic E-state index is 12.6. The van der Waals surface area contributed by atoms with Gasteiger partial charge in [0.2, 0.25) is 0 Å². The summed E-state index contributed by atoms with van der Waals surface area (Å²) in [5.41, 5.74) is 8.85. The van der Waals surface area contributed by atoms with Crippen LogP contribution in [0, 0.1) is 0 Å². The minimum absolute atomic E-state index is 0.184. The number of nitrogens with zero attached hydrogens (tertiary/aromatic N) is 2. The number of carbonyl (C=O) groups is 2. The van der Waals surface area contributed by atoms with Crippen LogP contribution in [0.4, 0.5) is 11.4 Å². The van der Waals surface area contributed by atoms with Gasteiger partial charge in [-0.25, -0.2) is 0 Å². The third-order valence-electron chi connectivity index (χ3n) is 6.00. The van der Waals surface area contributed by atoms with E-state index in [0.717, 1.165) is 32.4 Å². The lowest BCUT2D eigenvalue weighted by Crippen LogP contribution is -2.41. The second-order valence-electron chi connectivity index (χ2n) is 8.25. The van der Waals surface area contributed by atoms with Crippen molar-refractivity contribution in [1.82, 2.24) is 15.2 Å². The first kappa shape index (κ1) is 22.5. The Morgan fingerprint density at radius 2 is 1.79 bits per heavy atom. The van der Waals surface area contributed by atoms with Crippen molar-refractivity contribution in [3.63, 3.8) is 0 Å². The van der Waals surface area contributed by atoms with E-state index >= 15 is 0 Å². The van der Waals surface area contributed by atoms with Gasteiger partial charge in [0.25, 0.3) is 11.8 Å². The van der Waals surface area contributed by atoms with Crippen LogP contribution in [0.3, 0.4) is 0 Å². The summed E-state index contributed by atoms with van der Waals surface area (Å²) in [5, 5.41) is 5.76. The van der Waals surface area contributed by atoms with Gasteiger partial charge in [-0.3, -0.25) is 19.5 Å². The molecular weight excluding hydrogens is 414 g/mol. The number of carbonyl (C=O) groups excluding carboxylic acids is 2. The molecule has 170 valence electrons. The summed E-state index contributed by atoms with van der Waals surface area (Å²) < 4.78 is 0. The molecule has 4 rings (SSSR count). The lowest BCUT2D eigenvalue weighted by Gasteiger charge is -2.24. The average molecular weight is 444 g/mol. The van der Waals surface area contributed by atoms with Gasteiger partial charge in [-0.2, -0.15) is 0 Å². The number of amides is 2. The fraction of sp³-hybridized carbons (Fsp3) is 0.269. The number of benzene rings is 2. The van der Waals surface area contributed by atoms with Crippen molar-refractivity contribution in [1.29, 1.82) is 0 Å². The molecule has 0 aliphatic carbocycles. The Labute approximate surface area is 194 Å². The Hall–Kier alpha value is -3.71. The fourth-order valence-electron chi connectivity index (χ4n) is 4.11. The van der Waals surface area contributed by atoms with Crippen LogP contribution in [-0.4, -0.2) is 47.4 Å². The number of nitrogens with two attached hydrogens (primary N) is 1. The highest BCUT2D eigenvalue weighted by atomic mass is 16.2. The molecule has 1 unspecified atom stereocenters. The van der Waals surface area contributed by atoms with Crippen LogP contribution in [0.1, 0.15) is 39.3 Å². The normalized spacial score (nSPS) is 15.8. The highest BCUT2D eigenvalue weighted by Crippen LogP contribution is 2.18. The van der Waals surface area contributed by atoms with Gasteiger partial charge in [0, 0.05) is 25.3 Å². The third-order valence-corrected chi connectivity index (χ3v) is 6.00. The molecule has 2 heterocycles. The molecule has 3 aromatic rings. The Morgan fingerprint density at radius 3 is 2.55 bits per heavy atom. The van der Waals surface area contributed by atoms with Crippen LogP contribution < -0.4 is 16.4 Å². The smallest absolute Gasteiger partial charge is 0.274 e. The zero-order chi connectivity index (χ0) is 23.0. The molecule has 1 aliphatic heterocycles. The molecule has 1 fully saturated rings. The summed E-state index contributed by atoms with van der Waals surface area (Å²) in [4.78, 5) is 31.6. The number of para-hydroxylation sites is 2. The zero-order valence-corrected chi connectivity index (χ0v) is 18.5. The molecule has 7 nitrogen and oxygen atoms in total. The molecule has 0 saturated carbocycles. The number of likely N-dealkylation sites (tertiary alicyclic amines) is 1. The predicted molar refractivity (Wildman–Crippen MR) is 130 cm³/mol. The monoisotopic (exact) mass is 443 g/mol. The highest BCUT2D eigenvalue weighted by Gasteiger charge is 2.24. The van der Waals surface area contributed by atoms with Crippen molar-refractivity contribution >= 4 is 23.2 Å². The number of rotatable bonds is 8. The molecule has 4 N–H and O–H groups in total. The molecule has 2 amide bonds. The number of hydrogen-bond donors (Lipinski definition) is 3. The second kappa shape index (κ2) is 10.7. The summed E-state index contributed by atoms with van der Waals surface area (Å²) in [6, 6.07) is 21.0. The standard InChI is InChI=1S/C26H29N5O2/c27-22-10-4-5-11-23(22)30-26(33)24-13-12-20(17-28-24)25(32)29-18-21-9-6-15-31(21)16-14-19-7-2-1-3-8-19/h1-5,7-8,10-13,17,21H,6,9,14-16,18,27H2,(H,29,32)(H,30,33). The van der Waals surface area contributed by atoms with Crippen LogP contribution >= 0.6 is 0 Å². The fourth-order valence-corrected chi connectivity index (χ4v) is 4.11. The van der Waals surface area contributed by atoms with Crippen LogP contribution in [0.5, 0.6) is 0 Å². The molecule has 0 spiro atoms. The van der Waals surface area contributed by atoms with Crippen LogP contribution in [0.2, 0.25) is 0 Å². The van der Waals surface area contributed by atoms with Gasteiger partial charge in [-0.15, -0.1) is 0 Å². The third kappa shape index (κ3) is 5.96. The van der Waals surface area contributed by atoms with Crippen LogP contribution in [0.25, 0.3) is 0 Å². The summed E-state index contributed by atoms with van der Waals surface area (Å²) in [5.74, 6) is -0.559. The maximum atomic E-state index is 12.6. The lowest BCUT2D eigenvalue weighted by atomic mass is 10.1. The van der Waals surface area contributed by atoms with E-state index in [1.165, 1.54) is 11.8 Å². The van der Waals surface area contributed by atoms with Gasteiger partial charge < -0.3 is 16.4 Å². The first-order chi connectivity index (χ1) is 16.1. The molecular formula is C26H29N5O2. The number of nitrogen functional groups attached to an aromatic ring is 1. The van der Waals surface area contributed by atoms with E-state index in [-0.39, 0.29) is 17.5 Å². The first-order valence-electron chi connectivity index (χ1n) is 11.3. The topological polar surface area (TPSA) is 100 Å². The van der Waals surface area contributed by atoms with E-state index in [9.17, 15) is 9.59 Å². The average Bonchev–Trinajstić information content (AvgIpc) is 3.31. The van der Waals surface area contributed by atoms with Crippen molar-refractivity contribution in [2.45, 2.75) is 25.3 Å². The molecule has 2 aromatic carbocycles. The van der Waals surface area contributed by atoms with Gasteiger partial charge in [-0.05, 0) is 55.6 Å². The van der Waals surface area contributed by atoms with Crippen molar-refractivity contribution in [3.8, 4) is 0 Å². The lowest BCUT2D eigenvalue weighted by molar-refractivity contribution is 0.0938. The zero-order valence-electron chi connectivity index (χ0n) is 18.5. The molecule has 0 radical (unpaired) electrons. The molecule has 33 heavy (non-hydrogen) atoms. The molecule has 1 saturated heterocycles. The predicted octanol–water partition coefficient (Wildman–Crippen LogP) is 3.35. The summed E-state index contributed by atoms with van der Waals surface area (Å²) in [7, 11) is 0. The Bertz CT molecular complexity index is 1090. The van der Waals surface area contributed by atoms with Gasteiger partial charge in [-0.1, -0.05) is 42.5 Å². The van der Waals surface area contributed by atoms with Gasteiger partial charge >= 0.3 is 0 Å². The van der Waals surface area contributed by atoms with Crippen LogP contribution in [0.15, 0.2) is 72.9 Å². The van der Waals surface area contributed by atoms with Gasteiger partial charge in [0.15, 0.2) is 0 Å². The number of anilines is 2. The van der Waals surface area contributed by atoms with E-state index in [1.54, 1.807) is 36.4 Å². The van der Waals surface area contributed by atoms with E-state index in [0.29, 0.717) is 29.5 Å². The Balaban J connectivity index is 1.27. The van der Waals surface area contributed by atoms with Crippen LogP contribution in [-0.2, 0) is 6.42 Å². The van der Waals surface area contributed by atoms with E-state index in [4.69, 9.17) is 5.73 Å². The molecule has 0 bridgehead atoms. The largest absolute Gasteiger partial charge is 0.397 e. The van der Waals surface area contributed by atoms with E-state index in [2.05, 4.69) is 44.8 Å². The number of aromatic nitrogens is 1. The number of hydrogen-bond acceptors (Lipinski definition) is 5. The SMILES string of the molecule is Nc1ccccc1NC(=O)c1ccc(C(=O)NCC2CCCN2CCc2ccccc2)cn1. The number of nitrogens with one attached hydrogen (secondary N) is 2. The van der Waals surface area contributed by atoms with Gasteiger partial charge in [0.1, 0.15) is 5.69 Å². The molecule has 7 heteroatoms. The minimum Gasteiger partial charge on any atom is -0.397 e. The highest BCUT2D eigenvalue weighted by molar-refractivity contribution is 6.04. The van der Waals surface area contributed by atoms with Crippen molar-refractivity contribution in [2.24, 2.45) is 0 Å². The van der Waals surface area contributed by atoms with Crippen molar-refractivity contribution in [2.75, 3.05) is 30.7 Å². The summed E-state index contributed by atoms with van der Waals surface area (Å²) >= 11 is 0. The molecule has 1 aromatic heterocycles. The van der Waals surface area contributed by atoms with Crippen molar-refractivity contribution in [3.05, 3.63) is 89.7 Å². The van der Waals surface area contributed by atoms with Gasteiger partial charge in [0.05, 0.1) is 16.9 Å². The van der Waals surface area contributed by atoms with E-state index < -0.39 is 0 Å².